The number of hydrogen-bond donors (Lipinski definition) is 2. The Hall–Kier alpha value is -1.46. The smallest absolute Gasteiger partial charge is 0.224 e. The second-order valence-corrected chi connectivity index (χ2v) is 5.13. The highest BCUT2D eigenvalue weighted by molar-refractivity contribution is 5.85. The van der Waals surface area contributed by atoms with Gasteiger partial charge in [0.2, 0.25) is 5.91 Å². The average molecular weight is 303 g/mol. The molecule has 0 aromatic heterocycles. The first-order chi connectivity index (χ1) is 8.85. The number of halogens is 1. The van der Waals surface area contributed by atoms with Gasteiger partial charge in [0.05, 0.1) is 20.6 Å². The maximum atomic E-state index is 11.8. The van der Waals surface area contributed by atoms with Crippen LogP contribution in [0.15, 0.2) is 18.2 Å². The number of nitrogens with two attached hydrogens (primary N) is 1. The number of carbonyl (C=O) groups excluding carboxylic acids is 1. The van der Waals surface area contributed by atoms with Gasteiger partial charge in [-0.15, -0.1) is 12.4 Å². The zero-order valence-electron chi connectivity index (χ0n) is 12.4. The molecule has 1 aromatic rings. The Morgan fingerprint density at radius 2 is 1.85 bits per heavy atom. The molecular formula is C14H23ClN2O3. The highest BCUT2D eigenvalue weighted by Gasteiger charge is 2.13. The van der Waals surface area contributed by atoms with Crippen LogP contribution in [0.3, 0.4) is 0 Å². The fourth-order valence-corrected chi connectivity index (χ4v) is 1.56. The summed E-state index contributed by atoms with van der Waals surface area (Å²) in [5, 5.41) is 2.80. The molecule has 20 heavy (non-hydrogen) atoms. The maximum Gasteiger partial charge on any atom is 0.224 e. The van der Waals surface area contributed by atoms with Crippen LogP contribution in [0.4, 0.5) is 0 Å². The third-order valence-electron chi connectivity index (χ3n) is 2.55. The van der Waals surface area contributed by atoms with Gasteiger partial charge in [-0.05, 0) is 31.5 Å². The monoisotopic (exact) mass is 302 g/mol. The van der Waals surface area contributed by atoms with Crippen LogP contribution in [-0.4, -0.2) is 32.2 Å². The van der Waals surface area contributed by atoms with E-state index >= 15 is 0 Å². The third-order valence-corrected chi connectivity index (χ3v) is 2.55. The van der Waals surface area contributed by atoms with E-state index in [0.717, 1.165) is 5.56 Å². The number of ether oxygens (including phenoxy) is 2. The first-order valence-electron chi connectivity index (χ1n) is 6.12. The van der Waals surface area contributed by atoms with Crippen molar-refractivity contribution < 1.29 is 14.3 Å². The minimum absolute atomic E-state index is 0. The fourth-order valence-electron chi connectivity index (χ4n) is 1.56. The fraction of sp³-hybridized carbons (Fsp3) is 0.500. The Balaban J connectivity index is 0.00000361. The molecule has 0 unspecified atom stereocenters. The van der Waals surface area contributed by atoms with Crippen molar-refractivity contribution in [2.24, 2.45) is 5.73 Å². The quantitative estimate of drug-likeness (QED) is 0.835. The van der Waals surface area contributed by atoms with Gasteiger partial charge >= 0.3 is 0 Å². The number of methoxy groups -OCH3 is 2. The lowest BCUT2D eigenvalue weighted by atomic mass is 10.1. The van der Waals surface area contributed by atoms with Crippen LogP contribution in [0.1, 0.15) is 19.4 Å². The first-order valence-corrected chi connectivity index (χ1v) is 6.12. The lowest BCUT2D eigenvalue weighted by molar-refractivity contribution is -0.120. The summed E-state index contributed by atoms with van der Waals surface area (Å²) in [6.07, 6.45) is 0.288. The van der Waals surface area contributed by atoms with Crippen LogP contribution in [-0.2, 0) is 11.2 Å². The zero-order chi connectivity index (χ0) is 14.5. The largest absolute Gasteiger partial charge is 0.493 e. The van der Waals surface area contributed by atoms with Crippen molar-refractivity contribution in [3.05, 3.63) is 23.8 Å². The molecule has 0 aliphatic heterocycles. The minimum atomic E-state index is -0.409. The molecule has 0 spiro atoms. The summed E-state index contributed by atoms with van der Waals surface area (Å²) in [6.45, 7) is 4.17. The van der Waals surface area contributed by atoms with Crippen molar-refractivity contribution in [3.63, 3.8) is 0 Å². The van der Waals surface area contributed by atoms with Crippen molar-refractivity contribution in [1.82, 2.24) is 5.32 Å². The molecule has 0 aliphatic rings. The molecule has 1 amide bonds. The average Bonchev–Trinajstić information content (AvgIpc) is 2.35. The molecule has 3 N–H and O–H groups in total. The highest BCUT2D eigenvalue weighted by atomic mass is 35.5. The van der Waals surface area contributed by atoms with Crippen molar-refractivity contribution >= 4 is 18.3 Å². The molecule has 0 bridgehead atoms. The van der Waals surface area contributed by atoms with Crippen LogP contribution in [0.5, 0.6) is 11.5 Å². The summed E-state index contributed by atoms with van der Waals surface area (Å²) in [5.74, 6) is 1.20. The van der Waals surface area contributed by atoms with Crippen LogP contribution in [0.2, 0.25) is 0 Å². The van der Waals surface area contributed by atoms with Crippen molar-refractivity contribution in [1.29, 1.82) is 0 Å². The summed E-state index contributed by atoms with van der Waals surface area (Å²) in [6, 6.07) is 5.43. The highest BCUT2D eigenvalue weighted by Crippen LogP contribution is 2.27. The van der Waals surface area contributed by atoms with E-state index in [1.807, 2.05) is 19.9 Å². The Morgan fingerprint density at radius 3 is 2.35 bits per heavy atom. The molecule has 0 saturated heterocycles. The lowest BCUT2D eigenvalue weighted by Gasteiger charge is -2.19. The van der Waals surface area contributed by atoms with Gasteiger partial charge in [-0.25, -0.2) is 0 Å². The molecule has 0 fully saturated rings. The molecule has 114 valence electrons. The molecule has 5 nitrogen and oxygen atoms in total. The lowest BCUT2D eigenvalue weighted by Crippen LogP contribution is -2.45. The molecule has 0 saturated carbocycles. The number of amides is 1. The Kier molecular flexibility index (Phi) is 7.39. The molecule has 0 atom stereocenters. The first kappa shape index (κ1) is 18.5. The van der Waals surface area contributed by atoms with Gasteiger partial charge in [0, 0.05) is 12.1 Å². The van der Waals surface area contributed by atoms with E-state index < -0.39 is 5.54 Å². The molecule has 6 heteroatoms. The summed E-state index contributed by atoms with van der Waals surface area (Å²) >= 11 is 0. The van der Waals surface area contributed by atoms with Crippen LogP contribution in [0.25, 0.3) is 0 Å². The molecule has 0 aliphatic carbocycles. The predicted molar refractivity (Wildman–Crippen MR) is 81.8 cm³/mol. The summed E-state index contributed by atoms with van der Waals surface area (Å²) in [5.41, 5.74) is 6.27. The van der Waals surface area contributed by atoms with Crippen LogP contribution in [0, 0.1) is 0 Å². The summed E-state index contributed by atoms with van der Waals surface area (Å²) < 4.78 is 10.3. The molecule has 0 heterocycles. The molecular weight excluding hydrogens is 280 g/mol. The van der Waals surface area contributed by atoms with Crippen LogP contribution < -0.4 is 20.5 Å². The van der Waals surface area contributed by atoms with Crippen molar-refractivity contribution in [2.75, 3.05) is 20.8 Å². The Bertz CT molecular complexity index is 445. The van der Waals surface area contributed by atoms with Crippen molar-refractivity contribution in [3.8, 4) is 11.5 Å². The SMILES string of the molecule is COc1ccc(CC(=O)NCC(C)(C)N)cc1OC.Cl. The predicted octanol–water partition coefficient (Wildman–Crippen LogP) is 1.52. The molecule has 0 radical (unpaired) electrons. The maximum absolute atomic E-state index is 11.8. The summed E-state index contributed by atoms with van der Waals surface area (Å²) in [7, 11) is 3.15. The number of carbonyl (C=O) groups is 1. The Labute approximate surface area is 126 Å². The van der Waals surface area contributed by atoms with E-state index in [2.05, 4.69) is 5.32 Å². The van der Waals surface area contributed by atoms with Gasteiger partial charge in [-0.2, -0.15) is 0 Å². The Morgan fingerprint density at radius 1 is 1.25 bits per heavy atom. The third kappa shape index (κ3) is 6.12. The second-order valence-electron chi connectivity index (χ2n) is 5.13. The van der Waals surface area contributed by atoms with Gasteiger partial charge in [0.25, 0.3) is 0 Å². The minimum Gasteiger partial charge on any atom is -0.493 e. The van der Waals surface area contributed by atoms with E-state index in [4.69, 9.17) is 15.2 Å². The van der Waals surface area contributed by atoms with Gasteiger partial charge in [0.1, 0.15) is 0 Å². The van der Waals surface area contributed by atoms with Gasteiger partial charge < -0.3 is 20.5 Å². The molecule has 1 aromatic carbocycles. The zero-order valence-corrected chi connectivity index (χ0v) is 13.2. The number of hydrogen-bond acceptors (Lipinski definition) is 4. The van der Waals surface area contributed by atoms with Gasteiger partial charge in [0.15, 0.2) is 11.5 Å². The van der Waals surface area contributed by atoms with E-state index in [9.17, 15) is 4.79 Å². The van der Waals surface area contributed by atoms with Gasteiger partial charge in [-0.1, -0.05) is 6.07 Å². The van der Waals surface area contributed by atoms with Crippen molar-refractivity contribution in [2.45, 2.75) is 25.8 Å². The number of rotatable bonds is 6. The second kappa shape index (κ2) is 7.97. The van der Waals surface area contributed by atoms with E-state index in [1.54, 1.807) is 26.4 Å². The van der Waals surface area contributed by atoms with E-state index in [0.29, 0.717) is 18.0 Å². The standard InChI is InChI=1S/C14H22N2O3.ClH/c1-14(2,15)9-16-13(17)8-10-5-6-11(18-3)12(7-10)19-4;/h5-7H,8-9,15H2,1-4H3,(H,16,17);1H. The summed E-state index contributed by atoms with van der Waals surface area (Å²) in [4.78, 5) is 11.8. The molecule has 1 rings (SSSR count). The normalized spacial score (nSPS) is 10.4. The number of nitrogens with one attached hydrogen (secondary N) is 1. The number of benzene rings is 1. The van der Waals surface area contributed by atoms with Crippen LogP contribution >= 0.6 is 12.4 Å². The van der Waals surface area contributed by atoms with E-state index in [-0.39, 0.29) is 24.7 Å². The topological polar surface area (TPSA) is 73.6 Å². The van der Waals surface area contributed by atoms with E-state index in [1.165, 1.54) is 0 Å². The van der Waals surface area contributed by atoms with Gasteiger partial charge in [-0.3, -0.25) is 4.79 Å².